The number of aliphatic hydroxyl groups excluding tert-OH is 11. The molecule has 0 radical (unpaired) electrons. The quantitative estimate of drug-likeness (QED) is 0.0199. The summed E-state index contributed by atoms with van der Waals surface area (Å²) in [5.74, 6) is -0.293. The van der Waals surface area contributed by atoms with Crippen molar-refractivity contribution in [2.75, 3.05) is 26.4 Å². The summed E-state index contributed by atoms with van der Waals surface area (Å²) in [5, 5.41) is 120. The van der Waals surface area contributed by atoms with Crippen molar-refractivity contribution in [3.8, 4) is 0 Å². The number of carbonyl (C=O) groups is 1. The van der Waals surface area contributed by atoms with E-state index in [0.717, 1.165) is 89.9 Å². The fourth-order valence-electron chi connectivity index (χ4n) is 11.9. The molecule has 3 aliphatic heterocycles. The first-order valence-corrected chi connectivity index (χ1v) is 37.8. The van der Waals surface area contributed by atoms with Gasteiger partial charge in [0.25, 0.3) is 0 Å². The second-order valence-corrected chi connectivity index (χ2v) is 26.4. The van der Waals surface area contributed by atoms with Crippen molar-refractivity contribution >= 4 is 5.91 Å². The topological polar surface area (TPSA) is 307 Å². The Kier molecular flexibility index (Phi) is 52.9. The molecule has 19 heteroatoms. The molecule has 3 aliphatic rings. The van der Waals surface area contributed by atoms with E-state index < -0.39 is 124 Å². The number of carbonyl (C=O) groups excluding carboxylic acids is 1. The summed E-state index contributed by atoms with van der Waals surface area (Å²) in [6, 6.07) is -1.00. The molecule has 17 unspecified atom stereocenters. The third kappa shape index (κ3) is 39.0. The Hall–Kier alpha value is -3.81. The Balaban J connectivity index is 1.29. The minimum atomic E-state index is -1.99. The molecule has 0 aromatic rings. The summed E-state index contributed by atoms with van der Waals surface area (Å²) in [7, 11) is 0. The molecule has 3 saturated heterocycles. The van der Waals surface area contributed by atoms with Crippen LogP contribution in [0.3, 0.4) is 0 Å². The minimum absolute atomic E-state index is 0.228. The van der Waals surface area contributed by atoms with Crippen LogP contribution in [0.2, 0.25) is 0 Å². The molecule has 19 nitrogen and oxygen atoms in total. The summed E-state index contributed by atoms with van der Waals surface area (Å²) in [6.45, 7) is 1.52. The van der Waals surface area contributed by atoms with Crippen molar-refractivity contribution < 1.29 is 89.4 Å². The number of unbranched alkanes of at least 4 members (excludes halogenated alkanes) is 23. The van der Waals surface area contributed by atoms with E-state index in [2.05, 4.69) is 129 Å². The molecule has 3 fully saturated rings. The average molecular weight is 1380 g/mol. The van der Waals surface area contributed by atoms with Crippen molar-refractivity contribution in [1.29, 1.82) is 0 Å². The van der Waals surface area contributed by atoms with Crippen LogP contribution in [0.5, 0.6) is 0 Å². The van der Waals surface area contributed by atoms with E-state index in [1.165, 1.54) is 116 Å². The molecule has 0 bridgehead atoms. The third-order valence-corrected chi connectivity index (χ3v) is 18.0. The maximum absolute atomic E-state index is 13.4. The number of hydrogen-bond donors (Lipinski definition) is 12. The van der Waals surface area contributed by atoms with Crippen molar-refractivity contribution in [2.45, 2.75) is 343 Å². The Labute approximate surface area is 588 Å². The lowest BCUT2D eigenvalue weighted by Crippen LogP contribution is -2.66. The zero-order valence-corrected chi connectivity index (χ0v) is 59.7. The largest absolute Gasteiger partial charge is 0.394 e. The van der Waals surface area contributed by atoms with E-state index in [1.807, 2.05) is 6.08 Å². The lowest BCUT2D eigenvalue weighted by Gasteiger charge is -2.48. The number of rotatable bonds is 57. The monoisotopic (exact) mass is 1380 g/mol. The number of nitrogens with one attached hydrogen (secondary N) is 1. The zero-order valence-electron chi connectivity index (χ0n) is 59.7. The molecule has 0 aromatic carbocycles. The molecule has 562 valence electrons. The van der Waals surface area contributed by atoms with Gasteiger partial charge in [-0.3, -0.25) is 4.79 Å². The summed E-state index contributed by atoms with van der Waals surface area (Å²) in [6.07, 6.45) is 55.0. The first kappa shape index (κ1) is 88.4. The van der Waals surface area contributed by atoms with Gasteiger partial charge in [-0.05, 0) is 96.3 Å². The minimum Gasteiger partial charge on any atom is -0.394 e. The standard InChI is InChI=1S/C79H133NO18/c1-3-5-7-9-11-13-15-17-18-19-20-21-22-23-24-25-26-27-28-29-30-31-32-33-34-35-36-37-38-39-40-41-42-43-44-45-47-49-51-53-55-57-67(85)80-62(63(84)56-54-52-50-48-46-16-14-12-10-8-6-4-2)61-93-77-73(91)70(88)75(65(59-82)95-77)98-79-74(92)71(89)76(66(60-83)96-79)97-78-72(90)69(87)68(86)64(58-81)94-78/h5,7,10-13,17-18,20-21,23-24,26-27,29-30,46,48,54,56,62-66,68-79,81-84,86-92H,3-4,6,8-9,14-16,19,22,25,28,31-45,47,49-53,55,57-61H2,1-2H3,(H,80,85)/b7-5-,12-10+,13-11-,18-17-,21-20-,24-23-,27-26-,30-29-,48-46+,56-54+. The summed E-state index contributed by atoms with van der Waals surface area (Å²) in [4.78, 5) is 13.4. The molecule has 0 aromatic heterocycles. The van der Waals surface area contributed by atoms with Crippen LogP contribution >= 0.6 is 0 Å². The lowest BCUT2D eigenvalue weighted by molar-refractivity contribution is -0.379. The second kappa shape index (κ2) is 58.7. The van der Waals surface area contributed by atoms with Crippen LogP contribution in [0.15, 0.2) is 122 Å². The molecule has 12 N–H and O–H groups in total. The van der Waals surface area contributed by atoms with Crippen LogP contribution in [-0.2, 0) is 33.2 Å². The van der Waals surface area contributed by atoms with Gasteiger partial charge in [0.2, 0.25) is 5.91 Å². The fraction of sp³-hybridized carbons (Fsp3) is 0.734. The van der Waals surface area contributed by atoms with Crippen LogP contribution in [-0.4, -0.2) is 193 Å². The Morgan fingerprint density at radius 1 is 0.378 bits per heavy atom. The molecular weight excluding hydrogens is 1250 g/mol. The van der Waals surface area contributed by atoms with E-state index in [0.29, 0.717) is 12.8 Å². The molecule has 98 heavy (non-hydrogen) atoms. The Morgan fingerprint density at radius 2 is 0.714 bits per heavy atom. The summed E-state index contributed by atoms with van der Waals surface area (Å²) < 4.78 is 34.3. The van der Waals surface area contributed by atoms with Gasteiger partial charge in [-0.15, -0.1) is 0 Å². The lowest BCUT2D eigenvalue weighted by atomic mass is 9.96. The van der Waals surface area contributed by atoms with Gasteiger partial charge in [0, 0.05) is 6.42 Å². The van der Waals surface area contributed by atoms with Gasteiger partial charge >= 0.3 is 0 Å². The molecular formula is C79H133NO18. The van der Waals surface area contributed by atoms with Crippen LogP contribution in [0.4, 0.5) is 0 Å². The zero-order chi connectivity index (χ0) is 71.1. The van der Waals surface area contributed by atoms with Gasteiger partial charge in [-0.1, -0.05) is 257 Å². The van der Waals surface area contributed by atoms with Crippen LogP contribution in [0.1, 0.15) is 239 Å². The van der Waals surface area contributed by atoms with Gasteiger partial charge in [0.1, 0.15) is 73.2 Å². The van der Waals surface area contributed by atoms with Crippen molar-refractivity contribution in [2.24, 2.45) is 0 Å². The van der Waals surface area contributed by atoms with Crippen LogP contribution in [0, 0.1) is 0 Å². The van der Waals surface area contributed by atoms with Gasteiger partial charge < -0.3 is 89.9 Å². The SMILES string of the molecule is CC/C=C\C/C=C\C/C=C\C/C=C\C/C=C\C/C=C\C/C=C\CCCCCCCCCCCCCCCCCCCCCC(=O)NC(COC1OC(CO)C(OC2OC(CO)C(OC3OC(CO)C(O)C(O)C3O)C(O)C2O)C(O)C1O)C(O)/C=C/CC/C=C/CC/C=C/CCCC. The highest BCUT2D eigenvalue weighted by atomic mass is 16.8. The van der Waals surface area contributed by atoms with E-state index in [-0.39, 0.29) is 18.9 Å². The van der Waals surface area contributed by atoms with Gasteiger partial charge in [0.05, 0.1) is 38.6 Å². The predicted molar refractivity (Wildman–Crippen MR) is 387 cm³/mol. The average Bonchev–Trinajstić information content (AvgIpc) is 0.785. The van der Waals surface area contributed by atoms with Gasteiger partial charge in [-0.2, -0.15) is 0 Å². The Morgan fingerprint density at radius 3 is 1.14 bits per heavy atom. The summed E-state index contributed by atoms with van der Waals surface area (Å²) in [5.41, 5.74) is 0. The second-order valence-electron chi connectivity index (χ2n) is 26.4. The van der Waals surface area contributed by atoms with E-state index in [1.54, 1.807) is 6.08 Å². The predicted octanol–water partition coefficient (Wildman–Crippen LogP) is 11.6. The molecule has 0 spiro atoms. The van der Waals surface area contributed by atoms with E-state index >= 15 is 0 Å². The van der Waals surface area contributed by atoms with Gasteiger partial charge in [-0.25, -0.2) is 0 Å². The number of aliphatic hydroxyl groups is 11. The van der Waals surface area contributed by atoms with Crippen molar-refractivity contribution in [3.63, 3.8) is 0 Å². The van der Waals surface area contributed by atoms with E-state index in [4.69, 9.17) is 28.4 Å². The number of ether oxygens (including phenoxy) is 6. The van der Waals surface area contributed by atoms with Gasteiger partial charge in [0.15, 0.2) is 18.9 Å². The molecule has 0 saturated carbocycles. The number of hydrogen-bond acceptors (Lipinski definition) is 18. The number of amides is 1. The van der Waals surface area contributed by atoms with Crippen LogP contribution in [0.25, 0.3) is 0 Å². The maximum atomic E-state index is 13.4. The maximum Gasteiger partial charge on any atom is 0.220 e. The summed E-state index contributed by atoms with van der Waals surface area (Å²) >= 11 is 0. The smallest absolute Gasteiger partial charge is 0.220 e. The third-order valence-electron chi connectivity index (χ3n) is 18.0. The molecule has 0 aliphatic carbocycles. The highest BCUT2D eigenvalue weighted by Crippen LogP contribution is 2.33. The molecule has 3 rings (SSSR count). The molecule has 3 heterocycles. The Bertz CT molecular complexity index is 2250. The van der Waals surface area contributed by atoms with E-state index in [9.17, 15) is 61.0 Å². The molecule has 1 amide bonds. The normalized spacial score (nSPS) is 27.5. The fourth-order valence-corrected chi connectivity index (χ4v) is 11.9. The van der Waals surface area contributed by atoms with Crippen molar-refractivity contribution in [1.82, 2.24) is 5.32 Å². The van der Waals surface area contributed by atoms with Crippen molar-refractivity contribution in [3.05, 3.63) is 122 Å². The highest BCUT2D eigenvalue weighted by Gasteiger charge is 2.53. The first-order chi connectivity index (χ1) is 47.8. The first-order valence-electron chi connectivity index (χ1n) is 37.8. The van der Waals surface area contributed by atoms with Crippen LogP contribution < -0.4 is 5.32 Å². The highest BCUT2D eigenvalue weighted by molar-refractivity contribution is 5.76. The number of allylic oxidation sites excluding steroid dienone is 19. The molecule has 17 atom stereocenters.